The summed E-state index contributed by atoms with van der Waals surface area (Å²) in [4.78, 5) is 18.7. The van der Waals surface area contributed by atoms with Crippen LogP contribution in [0.4, 0.5) is 5.82 Å². The quantitative estimate of drug-likeness (QED) is 0.805. The molecular weight excluding hydrogens is 310 g/mol. The minimum atomic E-state index is -1.10. The fourth-order valence-electron chi connectivity index (χ4n) is 2.12. The van der Waals surface area contributed by atoms with Crippen LogP contribution in [0.1, 0.15) is 42.9 Å². The molecule has 0 aliphatic heterocycles. The number of carboxylic acid groups (broad SMARTS) is 1. The molecule has 0 amide bonds. The van der Waals surface area contributed by atoms with Crippen LogP contribution in [0.5, 0.6) is 11.5 Å². The van der Waals surface area contributed by atoms with E-state index in [1.165, 1.54) is 12.4 Å². The van der Waals surface area contributed by atoms with Gasteiger partial charge in [0.2, 0.25) is 0 Å². The molecule has 0 saturated carbocycles. The van der Waals surface area contributed by atoms with Crippen molar-refractivity contribution in [2.45, 2.75) is 32.9 Å². The maximum Gasteiger partial charge on any atom is 0.356 e. The largest absolute Gasteiger partial charge is 0.493 e. The van der Waals surface area contributed by atoms with Crippen molar-refractivity contribution in [3.05, 3.63) is 41.9 Å². The van der Waals surface area contributed by atoms with E-state index in [1.807, 2.05) is 39.0 Å². The zero-order valence-corrected chi connectivity index (χ0v) is 14.1. The molecule has 2 rings (SSSR count). The second kappa shape index (κ2) is 7.63. The van der Waals surface area contributed by atoms with Crippen molar-refractivity contribution in [1.29, 1.82) is 0 Å². The Hall–Kier alpha value is -2.83. The van der Waals surface area contributed by atoms with Gasteiger partial charge in [-0.05, 0) is 38.5 Å². The highest BCUT2D eigenvalue weighted by molar-refractivity contribution is 5.84. The highest BCUT2D eigenvalue weighted by Crippen LogP contribution is 2.31. The Labute approximate surface area is 140 Å². The van der Waals surface area contributed by atoms with Gasteiger partial charge in [0.05, 0.1) is 31.6 Å². The standard InChI is InChI=1S/C17H21N3O4/c1-10(2)24-14-6-5-12(7-15(14)23-4)11(3)20-16-9-18-13(8-19-16)17(21)22/h5-11H,1-4H3,(H,19,20)(H,21,22). The minimum Gasteiger partial charge on any atom is -0.493 e. The number of hydrogen-bond acceptors (Lipinski definition) is 6. The molecule has 7 nitrogen and oxygen atoms in total. The molecule has 1 unspecified atom stereocenters. The first-order chi connectivity index (χ1) is 11.4. The van der Waals surface area contributed by atoms with Crippen LogP contribution in [-0.2, 0) is 0 Å². The highest BCUT2D eigenvalue weighted by Gasteiger charge is 2.13. The zero-order valence-electron chi connectivity index (χ0n) is 14.1. The Morgan fingerprint density at radius 2 is 1.92 bits per heavy atom. The fourth-order valence-corrected chi connectivity index (χ4v) is 2.12. The van der Waals surface area contributed by atoms with Crippen molar-refractivity contribution in [1.82, 2.24) is 9.97 Å². The van der Waals surface area contributed by atoms with Crippen molar-refractivity contribution in [3.63, 3.8) is 0 Å². The van der Waals surface area contributed by atoms with Crippen LogP contribution in [0.3, 0.4) is 0 Å². The maximum atomic E-state index is 10.8. The summed E-state index contributed by atoms with van der Waals surface area (Å²) in [7, 11) is 1.60. The third-order valence-electron chi connectivity index (χ3n) is 3.29. The molecule has 7 heteroatoms. The van der Waals surface area contributed by atoms with Gasteiger partial charge in [0.15, 0.2) is 17.2 Å². The first-order valence-electron chi connectivity index (χ1n) is 7.57. The number of benzene rings is 1. The average molecular weight is 331 g/mol. The molecule has 128 valence electrons. The van der Waals surface area contributed by atoms with E-state index in [-0.39, 0.29) is 17.8 Å². The molecule has 0 fully saturated rings. The molecule has 1 aromatic carbocycles. The summed E-state index contributed by atoms with van der Waals surface area (Å²) < 4.78 is 11.1. The summed E-state index contributed by atoms with van der Waals surface area (Å²) in [5, 5.41) is 12.0. The van der Waals surface area contributed by atoms with Crippen LogP contribution in [0.25, 0.3) is 0 Å². The number of carboxylic acids is 1. The number of methoxy groups -OCH3 is 1. The number of rotatable bonds is 7. The molecular formula is C17H21N3O4. The Morgan fingerprint density at radius 1 is 1.17 bits per heavy atom. The van der Waals surface area contributed by atoms with Crippen LogP contribution in [0.2, 0.25) is 0 Å². The Bertz CT molecular complexity index is 701. The molecule has 1 heterocycles. The minimum absolute atomic E-state index is 0.0586. The molecule has 1 aromatic heterocycles. The lowest BCUT2D eigenvalue weighted by Gasteiger charge is -2.18. The lowest BCUT2D eigenvalue weighted by molar-refractivity contribution is 0.0690. The predicted octanol–water partition coefficient (Wildman–Crippen LogP) is 3.14. The monoisotopic (exact) mass is 331 g/mol. The van der Waals surface area contributed by atoms with Crippen LogP contribution in [0, 0.1) is 0 Å². The summed E-state index contributed by atoms with van der Waals surface area (Å²) in [6.07, 6.45) is 2.67. The number of ether oxygens (including phenoxy) is 2. The molecule has 0 aliphatic carbocycles. The van der Waals surface area contributed by atoms with Gasteiger partial charge in [-0.25, -0.2) is 14.8 Å². The van der Waals surface area contributed by atoms with Crippen LogP contribution >= 0.6 is 0 Å². The number of nitrogens with zero attached hydrogens (tertiary/aromatic N) is 2. The van der Waals surface area contributed by atoms with Crippen LogP contribution < -0.4 is 14.8 Å². The third-order valence-corrected chi connectivity index (χ3v) is 3.29. The number of hydrogen-bond donors (Lipinski definition) is 2. The van der Waals surface area contributed by atoms with Crippen LogP contribution in [0.15, 0.2) is 30.6 Å². The van der Waals surface area contributed by atoms with Crippen molar-refractivity contribution in [2.24, 2.45) is 0 Å². The molecule has 0 radical (unpaired) electrons. The van der Waals surface area contributed by atoms with Gasteiger partial charge < -0.3 is 19.9 Å². The first-order valence-corrected chi connectivity index (χ1v) is 7.57. The number of nitrogens with one attached hydrogen (secondary N) is 1. The second-order valence-corrected chi connectivity index (χ2v) is 5.53. The van der Waals surface area contributed by atoms with Gasteiger partial charge >= 0.3 is 5.97 Å². The van der Waals surface area contributed by atoms with Crippen molar-refractivity contribution in [2.75, 3.05) is 12.4 Å². The van der Waals surface area contributed by atoms with E-state index in [2.05, 4.69) is 15.3 Å². The Balaban J connectivity index is 2.14. The van der Waals surface area contributed by atoms with Gasteiger partial charge in [0, 0.05) is 0 Å². The van der Waals surface area contributed by atoms with E-state index in [0.29, 0.717) is 17.3 Å². The summed E-state index contributed by atoms with van der Waals surface area (Å²) >= 11 is 0. The number of aromatic nitrogens is 2. The molecule has 0 saturated heterocycles. The van der Waals surface area contributed by atoms with Gasteiger partial charge in [-0.1, -0.05) is 6.07 Å². The van der Waals surface area contributed by atoms with Gasteiger partial charge in [0.25, 0.3) is 0 Å². The van der Waals surface area contributed by atoms with Crippen molar-refractivity contribution < 1.29 is 19.4 Å². The van der Waals surface area contributed by atoms with Crippen molar-refractivity contribution >= 4 is 11.8 Å². The lowest BCUT2D eigenvalue weighted by atomic mass is 10.1. The van der Waals surface area contributed by atoms with Gasteiger partial charge in [-0.3, -0.25) is 0 Å². The van der Waals surface area contributed by atoms with E-state index in [1.54, 1.807) is 7.11 Å². The molecule has 0 aliphatic rings. The third kappa shape index (κ3) is 4.34. The summed E-state index contributed by atoms with van der Waals surface area (Å²) in [5.74, 6) is 0.734. The smallest absolute Gasteiger partial charge is 0.356 e. The predicted molar refractivity (Wildman–Crippen MR) is 89.8 cm³/mol. The summed E-state index contributed by atoms with van der Waals surface area (Å²) in [5.41, 5.74) is 0.886. The van der Waals surface area contributed by atoms with E-state index >= 15 is 0 Å². The molecule has 24 heavy (non-hydrogen) atoms. The fraction of sp³-hybridized carbons (Fsp3) is 0.353. The summed E-state index contributed by atoms with van der Waals surface area (Å²) in [6, 6.07) is 5.63. The van der Waals surface area contributed by atoms with Gasteiger partial charge in [-0.2, -0.15) is 0 Å². The molecule has 0 spiro atoms. The highest BCUT2D eigenvalue weighted by atomic mass is 16.5. The number of aromatic carboxylic acids is 1. The SMILES string of the molecule is COc1cc(C(C)Nc2cnc(C(=O)O)cn2)ccc1OC(C)C. The Morgan fingerprint density at radius 3 is 2.46 bits per heavy atom. The normalized spacial score (nSPS) is 11.9. The van der Waals surface area contributed by atoms with Gasteiger partial charge in [0.1, 0.15) is 5.82 Å². The van der Waals surface area contributed by atoms with E-state index < -0.39 is 5.97 Å². The van der Waals surface area contributed by atoms with E-state index in [4.69, 9.17) is 14.6 Å². The number of anilines is 1. The number of carbonyl (C=O) groups is 1. The van der Waals surface area contributed by atoms with E-state index in [9.17, 15) is 4.79 Å². The zero-order chi connectivity index (χ0) is 17.7. The Kier molecular flexibility index (Phi) is 5.57. The molecule has 2 aromatic rings. The average Bonchev–Trinajstić information content (AvgIpc) is 2.55. The second-order valence-electron chi connectivity index (χ2n) is 5.53. The van der Waals surface area contributed by atoms with Gasteiger partial charge in [-0.15, -0.1) is 0 Å². The van der Waals surface area contributed by atoms with Crippen molar-refractivity contribution in [3.8, 4) is 11.5 Å². The van der Waals surface area contributed by atoms with E-state index in [0.717, 1.165) is 5.56 Å². The molecule has 0 bridgehead atoms. The lowest BCUT2D eigenvalue weighted by Crippen LogP contribution is -2.11. The molecule has 1 atom stereocenters. The topological polar surface area (TPSA) is 93.6 Å². The maximum absolute atomic E-state index is 10.8. The molecule has 2 N–H and O–H groups in total. The van der Waals surface area contributed by atoms with Crippen LogP contribution in [-0.4, -0.2) is 34.3 Å². The summed E-state index contributed by atoms with van der Waals surface area (Å²) in [6.45, 7) is 5.87. The first kappa shape index (κ1) is 17.5.